The number of benzene rings is 3. The van der Waals surface area contributed by atoms with Crippen molar-refractivity contribution in [3.63, 3.8) is 0 Å². The van der Waals surface area contributed by atoms with E-state index in [1.165, 1.54) is 30.9 Å². The molecular weight excluding hydrogens is 642 g/mol. The first-order chi connectivity index (χ1) is 21.6. The summed E-state index contributed by atoms with van der Waals surface area (Å²) in [5.74, 6) is -5.36. The van der Waals surface area contributed by atoms with Gasteiger partial charge in [0.15, 0.2) is 5.60 Å². The Kier molecular flexibility index (Phi) is 8.04. The maximum Gasteiger partial charge on any atom is 0.266 e. The van der Waals surface area contributed by atoms with Gasteiger partial charge in [0.2, 0.25) is 11.8 Å². The number of piperidine rings is 2. The Morgan fingerprint density at radius 2 is 1.65 bits per heavy atom. The summed E-state index contributed by atoms with van der Waals surface area (Å²) in [4.78, 5) is 42.9. The van der Waals surface area contributed by atoms with E-state index in [1.54, 1.807) is 49.4 Å². The van der Waals surface area contributed by atoms with Gasteiger partial charge in [-0.1, -0.05) is 35.3 Å². The predicted octanol–water partition coefficient (Wildman–Crippen LogP) is 7.09. The van der Waals surface area contributed by atoms with Crippen LogP contribution in [0.3, 0.4) is 0 Å². The maximum atomic E-state index is 14.8. The van der Waals surface area contributed by atoms with Gasteiger partial charge in [-0.2, -0.15) is 0 Å². The molecule has 0 aliphatic carbocycles. The Labute approximate surface area is 274 Å². The smallest absolute Gasteiger partial charge is 0.266 e. The third-order valence-corrected chi connectivity index (χ3v) is 9.78. The lowest BCUT2D eigenvalue weighted by Crippen LogP contribution is -2.57. The topological polar surface area (TPSA) is 87.7 Å². The number of likely N-dealkylation sites (tertiary alicyclic amines) is 1. The van der Waals surface area contributed by atoms with Gasteiger partial charge in [0.05, 0.1) is 6.04 Å². The van der Waals surface area contributed by atoms with Crippen LogP contribution in [0.1, 0.15) is 67.3 Å². The van der Waals surface area contributed by atoms with Crippen LogP contribution in [0.15, 0.2) is 54.6 Å². The number of hydrogen-bond acceptors (Lipinski definition) is 4. The molecule has 1 spiro atoms. The number of nitrogens with one attached hydrogen (secondary N) is 2. The highest BCUT2D eigenvalue weighted by Gasteiger charge is 2.62. The van der Waals surface area contributed by atoms with Crippen LogP contribution >= 0.6 is 23.2 Å². The maximum absolute atomic E-state index is 14.8. The Bertz CT molecular complexity index is 1760. The summed E-state index contributed by atoms with van der Waals surface area (Å²) in [6, 6.07) is 12.8. The van der Waals surface area contributed by atoms with E-state index in [9.17, 15) is 27.6 Å². The fourth-order valence-corrected chi connectivity index (χ4v) is 7.43. The molecule has 2 N–H and O–H groups in total. The molecule has 242 valence electrons. The van der Waals surface area contributed by atoms with Gasteiger partial charge < -0.3 is 20.3 Å². The van der Waals surface area contributed by atoms with E-state index in [-0.39, 0.29) is 30.3 Å². The van der Waals surface area contributed by atoms with E-state index in [2.05, 4.69) is 10.6 Å². The molecule has 0 aromatic heterocycles. The monoisotopic (exact) mass is 673 g/mol. The molecule has 3 aromatic carbocycles. The van der Waals surface area contributed by atoms with Crippen LogP contribution in [0.5, 0.6) is 5.75 Å². The van der Waals surface area contributed by atoms with Gasteiger partial charge in [0.1, 0.15) is 17.0 Å². The summed E-state index contributed by atoms with van der Waals surface area (Å²) in [6.45, 7) is 4.62. The number of alkyl halides is 2. The standard InChI is InChI=1S/C34H32Cl2F3N3O4/c1-18-4-7-21(37)16-22(18)25-17-28(43)41-29(34(25)24-8-5-20(36)15-26(24)40-30(34)44)23-14-19(35)6-9-27(23)46-32(2,3)31(45)42-12-10-33(38,39)11-13-42/h4-9,14-16,25,29H,10-13,17H2,1-3H3,(H,40,44)(H,41,43)/t25-,29+,34-/m1/s1. The highest BCUT2D eigenvalue weighted by atomic mass is 35.5. The van der Waals surface area contributed by atoms with Gasteiger partial charge >= 0.3 is 0 Å². The van der Waals surface area contributed by atoms with Gasteiger partial charge in [-0.25, -0.2) is 13.2 Å². The minimum Gasteiger partial charge on any atom is -0.478 e. The Balaban J connectivity index is 1.50. The number of carbonyl (C=O) groups is 3. The molecule has 2 saturated heterocycles. The average molecular weight is 675 g/mol. The third-order valence-electron chi connectivity index (χ3n) is 9.31. The van der Waals surface area contributed by atoms with Crippen molar-refractivity contribution in [2.24, 2.45) is 0 Å². The van der Waals surface area contributed by atoms with Crippen LogP contribution in [0.2, 0.25) is 10.0 Å². The molecule has 7 nitrogen and oxygen atoms in total. The molecule has 3 aliphatic heterocycles. The van der Waals surface area contributed by atoms with Crippen LogP contribution in [0, 0.1) is 12.7 Å². The molecular formula is C34H32Cl2F3N3O4. The first kappa shape index (κ1) is 32.2. The quantitative estimate of drug-likeness (QED) is 0.303. The lowest BCUT2D eigenvalue weighted by atomic mass is 9.58. The number of halogens is 5. The summed E-state index contributed by atoms with van der Waals surface area (Å²) < 4.78 is 48.8. The fourth-order valence-electron chi connectivity index (χ4n) is 7.08. The van der Waals surface area contributed by atoms with Crippen molar-refractivity contribution in [1.29, 1.82) is 0 Å². The first-order valence-corrected chi connectivity index (χ1v) is 15.7. The predicted molar refractivity (Wildman–Crippen MR) is 168 cm³/mol. The molecule has 0 saturated carbocycles. The fraction of sp³-hybridized carbons (Fsp3) is 0.382. The average Bonchev–Trinajstić information content (AvgIpc) is 3.26. The van der Waals surface area contributed by atoms with E-state index in [0.717, 1.165) is 0 Å². The minimum atomic E-state index is -2.84. The molecule has 3 aromatic rings. The SMILES string of the molecule is Cc1ccc(F)cc1[C@H]1CC(=O)N[C@@H](c2cc(Cl)ccc2OC(C)(C)C(=O)N2CCC(F)(F)CC2)[C@]12C(=O)Nc1cc(Cl)ccc12. The zero-order valence-corrected chi connectivity index (χ0v) is 26.9. The van der Waals surface area contributed by atoms with Gasteiger partial charge in [-0.05, 0) is 79.9 Å². The number of nitrogens with zero attached hydrogens (tertiary/aromatic N) is 1. The highest BCUT2D eigenvalue weighted by molar-refractivity contribution is 6.31. The van der Waals surface area contributed by atoms with Gasteiger partial charge in [-0.15, -0.1) is 0 Å². The number of aryl methyl sites for hydroxylation is 1. The Morgan fingerprint density at radius 1 is 0.978 bits per heavy atom. The van der Waals surface area contributed by atoms with Crippen molar-refractivity contribution in [3.8, 4) is 5.75 Å². The number of rotatable bonds is 5. The molecule has 12 heteroatoms. The van der Waals surface area contributed by atoms with Crippen LogP contribution < -0.4 is 15.4 Å². The molecule has 0 unspecified atom stereocenters. The number of fused-ring (bicyclic) bond motifs is 2. The molecule has 3 aliphatic rings. The largest absolute Gasteiger partial charge is 0.478 e. The lowest BCUT2D eigenvalue weighted by molar-refractivity contribution is -0.151. The Hall–Kier alpha value is -3.76. The summed E-state index contributed by atoms with van der Waals surface area (Å²) >= 11 is 12.8. The second kappa shape index (κ2) is 11.5. The number of anilines is 1. The van der Waals surface area contributed by atoms with Crippen LogP contribution in [-0.4, -0.2) is 47.2 Å². The van der Waals surface area contributed by atoms with E-state index in [4.69, 9.17) is 27.9 Å². The highest BCUT2D eigenvalue weighted by Crippen LogP contribution is 2.59. The molecule has 6 rings (SSSR count). The van der Waals surface area contributed by atoms with Crippen molar-refractivity contribution in [2.45, 2.75) is 68.9 Å². The molecule has 46 heavy (non-hydrogen) atoms. The first-order valence-electron chi connectivity index (χ1n) is 14.9. The van der Waals surface area contributed by atoms with Crippen LogP contribution in [-0.2, 0) is 19.8 Å². The minimum absolute atomic E-state index is 0.123. The van der Waals surface area contributed by atoms with Crippen LogP contribution in [0.4, 0.5) is 18.9 Å². The second-order valence-electron chi connectivity index (χ2n) is 12.7. The van der Waals surface area contributed by atoms with E-state index in [0.29, 0.717) is 33.0 Å². The van der Waals surface area contributed by atoms with Crippen molar-refractivity contribution < 1.29 is 32.3 Å². The number of ether oxygens (including phenoxy) is 1. The summed E-state index contributed by atoms with van der Waals surface area (Å²) in [5, 5.41) is 6.58. The van der Waals surface area contributed by atoms with Crippen molar-refractivity contribution in [3.05, 3.63) is 92.7 Å². The zero-order chi connectivity index (χ0) is 33.2. The summed E-state index contributed by atoms with van der Waals surface area (Å²) in [5.41, 5.74) is -0.583. The molecule has 3 atom stereocenters. The van der Waals surface area contributed by atoms with Crippen molar-refractivity contribution in [1.82, 2.24) is 10.2 Å². The van der Waals surface area contributed by atoms with Crippen molar-refractivity contribution >= 4 is 46.6 Å². The molecule has 0 bridgehead atoms. The van der Waals surface area contributed by atoms with Gasteiger partial charge in [0, 0.05) is 59.6 Å². The van der Waals surface area contributed by atoms with E-state index in [1.807, 2.05) is 0 Å². The summed E-state index contributed by atoms with van der Waals surface area (Å²) in [7, 11) is 0. The van der Waals surface area contributed by atoms with Crippen molar-refractivity contribution in [2.75, 3.05) is 18.4 Å². The molecule has 0 radical (unpaired) electrons. The molecule has 2 fully saturated rings. The normalized spacial score (nSPS) is 24.0. The molecule has 3 amide bonds. The number of hydrogen-bond donors (Lipinski definition) is 2. The number of amides is 3. The van der Waals surface area contributed by atoms with Gasteiger partial charge in [-0.3, -0.25) is 14.4 Å². The summed E-state index contributed by atoms with van der Waals surface area (Å²) in [6.07, 6.45) is -1.02. The zero-order valence-electron chi connectivity index (χ0n) is 25.4. The number of carbonyl (C=O) groups excluding carboxylic acids is 3. The van der Waals surface area contributed by atoms with Gasteiger partial charge in [0.25, 0.3) is 11.8 Å². The second-order valence-corrected chi connectivity index (χ2v) is 13.6. The Morgan fingerprint density at radius 3 is 2.37 bits per heavy atom. The third kappa shape index (κ3) is 5.49. The van der Waals surface area contributed by atoms with E-state index >= 15 is 0 Å². The molecule has 3 heterocycles. The van der Waals surface area contributed by atoms with Crippen LogP contribution in [0.25, 0.3) is 0 Å². The van der Waals surface area contributed by atoms with E-state index < -0.39 is 65.3 Å². The lowest BCUT2D eigenvalue weighted by Gasteiger charge is -2.47.